The van der Waals surface area contributed by atoms with Gasteiger partial charge in [0.2, 0.25) is 0 Å². The van der Waals surface area contributed by atoms with Gasteiger partial charge in [-0.2, -0.15) is 8.78 Å². The van der Waals surface area contributed by atoms with E-state index in [0.717, 1.165) is 11.2 Å². The molecule has 3 aromatic carbocycles. The molecule has 0 bridgehead atoms. The highest BCUT2D eigenvalue weighted by Gasteiger charge is 2.11. The summed E-state index contributed by atoms with van der Waals surface area (Å²) in [7, 11) is 0. The lowest BCUT2D eigenvalue weighted by atomic mass is 10.1. The number of hydrogen-bond acceptors (Lipinski definition) is 3. The van der Waals surface area contributed by atoms with Crippen molar-refractivity contribution in [1.82, 2.24) is 9.55 Å². The van der Waals surface area contributed by atoms with E-state index in [1.807, 2.05) is 41.0 Å². The van der Waals surface area contributed by atoms with Crippen molar-refractivity contribution in [1.29, 1.82) is 0 Å². The summed E-state index contributed by atoms with van der Waals surface area (Å²) in [5, 5.41) is 2.68. The molecule has 4 aromatic rings. The summed E-state index contributed by atoms with van der Waals surface area (Å²) < 4.78 is 30.9. The van der Waals surface area contributed by atoms with E-state index in [4.69, 9.17) is 0 Å². The molecule has 1 aromatic heterocycles. The molecule has 0 saturated carbocycles. The van der Waals surface area contributed by atoms with Crippen LogP contribution in [0.4, 0.5) is 14.5 Å². The third-order valence-corrected chi connectivity index (χ3v) is 4.16. The lowest BCUT2D eigenvalue weighted by molar-refractivity contribution is -0.0497. The zero-order chi connectivity index (χ0) is 19.5. The van der Waals surface area contributed by atoms with Gasteiger partial charge in [-0.15, -0.1) is 0 Å². The topological polar surface area (TPSA) is 56.1 Å². The average molecular weight is 379 g/mol. The third kappa shape index (κ3) is 3.68. The van der Waals surface area contributed by atoms with Crippen LogP contribution >= 0.6 is 0 Å². The van der Waals surface area contributed by atoms with E-state index >= 15 is 0 Å². The highest BCUT2D eigenvalue weighted by Crippen LogP contribution is 2.22. The number of ether oxygens (including phenoxy) is 1. The number of aromatic nitrogens is 2. The summed E-state index contributed by atoms with van der Waals surface area (Å²) in [6, 6.07) is 20.8. The lowest BCUT2D eigenvalue weighted by Crippen LogP contribution is -2.12. The first kappa shape index (κ1) is 17.7. The van der Waals surface area contributed by atoms with Gasteiger partial charge in [0.15, 0.2) is 0 Å². The van der Waals surface area contributed by atoms with Crippen LogP contribution in [0.5, 0.6) is 5.75 Å². The van der Waals surface area contributed by atoms with E-state index in [2.05, 4.69) is 15.0 Å². The highest BCUT2D eigenvalue weighted by atomic mass is 19.3. The number of imidazole rings is 1. The van der Waals surface area contributed by atoms with Crippen molar-refractivity contribution in [3.05, 3.63) is 84.7 Å². The van der Waals surface area contributed by atoms with E-state index in [1.54, 1.807) is 24.5 Å². The van der Waals surface area contributed by atoms with Crippen LogP contribution in [0.2, 0.25) is 0 Å². The molecule has 140 valence electrons. The number of benzene rings is 3. The van der Waals surface area contributed by atoms with Crippen LogP contribution in [0.3, 0.4) is 0 Å². The maximum atomic E-state index is 12.5. The minimum atomic E-state index is -2.92. The smallest absolute Gasteiger partial charge is 0.387 e. The number of rotatable bonds is 5. The summed E-state index contributed by atoms with van der Waals surface area (Å²) in [4.78, 5) is 16.9. The number of carbonyl (C=O) groups is 1. The Labute approximate surface area is 159 Å². The number of amides is 1. The maximum absolute atomic E-state index is 12.5. The Morgan fingerprint density at radius 2 is 1.82 bits per heavy atom. The second-order valence-corrected chi connectivity index (χ2v) is 6.01. The van der Waals surface area contributed by atoms with Crippen LogP contribution in [0.1, 0.15) is 10.4 Å². The average Bonchev–Trinajstić information content (AvgIpc) is 3.11. The van der Waals surface area contributed by atoms with Crippen LogP contribution in [0.15, 0.2) is 79.1 Å². The molecule has 0 aliphatic carbocycles. The van der Waals surface area contributed by atoms with Crippen molar-refractivity contribution < 1.29 is 18.3 Å². The van der Waals surface area contributed by atoms with Gasteiger partial charge < -0.3 is 10.1 Å². The minimum absolute atomic E-state index is 0.0233. The van der Waals surface area contributed by atoms with Gasteiger partial charge in [0.1, 0.15) is 12.1 Å². The number of nitrogens with one attached hydrogen (secondary N) is 1. The molecule has 7 heteroatoms. The molecule has 1 N–H and O–H groups in total. The van der Waals surface area contributed by atoms with Crippen LogP contribution in [0, 0.1) is 0 Å². The van der Waals surface area contributed by atoms with Crippen LogP contribution in [0.25, 0.3) is 16.7 Å². The molecule has 0 radical (unpaired) electrons. The molecule has 0 fully saturated rings. The van der Waals surface area contributed by atoms with Gasteiger partial charge in [-0.25, -0.2) is 4.98 Å². The zero-order valence-electron chi connectivity index (χ0n) is 14.5. The van der Waals surface area contributed by atoms with E-state index in [1.165, 1.54) is 18.2 Å². The van der Waals surface area contributed by atoms with Gasteiger partial charge in [0, 0.05) is 23.0 Å². The van der Waals surface area contributed by atoms with Crippen molar-refractivity contribution in [3.63, 3.8) is 0 Å². The van der Waals surface area contributed by atoms with Crippen molar-refractivity contribution in [3.8, 4) is 11.4 Å². The zero-order valence-corrected chi connectivity index (χ0v) is 14.5. The Morgan fingerprint density at radius 3 is 2.61 bits per heavy atom. The molecule has 4 rings (SSSR count). The second-order valence-electron chi connectivity index (χ2n) is 6.01. The van der Waals surface area contributed by atoms with Crippen molar-refractivity contribution in [2.45, 2.75) is 6.61 Å². The van der Waals surface area contributed by atoms with Crippen LogP contribution in [-0.2, 0) is 0 Å². The van der Waals surface area contributed by atoms with Crippen LogP contribution in [-0.4, -0.2) is 22.1 Å². The SMILES string of the molecule is O=C(Nc1cccc(OC(F)F)c1)c1ccc2c(c1)ncn2-c1ccccc1. The second kappa shape index (κ2) is 7.48. The highest BCUT2D eigenvalue weighted by molar-refractivity contribution is 6.06. The molecule has 1 heterocycles. The van der Waals surface area contributed by atoms with Gasteiger partial charge in [-0.05, 0) is 42.5 Å². The summed E-state index contributed by atoms with van der Waals surface area (Å²) >= 11 is 0. The number of nitrogens with zero attached hydrogens (tertiary/aromatic N) is 2. The van der Waals surface area contributed by atoms with Crippen molar-refractivity contribution in [2.24, 2.45) is 0 Å². The summed E-state index contributed by atoms with van der Waals surface area (Å²) in [5.41, 5.74) is 3.28. The van der Waals surface area contributed by atoms with Crippen LogP contribution < -0.4 is 10.1 Å². The Morgan fingerprint density at radius 1 is 1.00 bits per heavy atom. The normalized spacial score (nSPS) is 11.0. The van der Waals surface area contributed by atoms with Crippen molar-refractivity contribution in [2.75, 3.05) is 5.32 Å². The number of carbonyl (C=O) groups excluding carboxylic acids is 1. The molecule has 28 heavy (non-hydrogen) atoms. The van der Waals surface area contributed by atoms with E-state index in [0.29, 0.717) is 16.8 Å². The number of fused-ring (bicyclic) bond motifs is 1. The standard InChI is InChI=1S/C21H15F2N3O2/c22-21(23)28-17-8-4-5-15(12-17)25-20(27)14-9-10-19-18(11-14)24-13-26(19)16-6-2-1-3-7-16/h1-13,21H,(H,25,27). The molecule has 0 aliphatic heterocycles. The lowest BCUT2D eigenvalue weighted by Gasteiger charge is -2.09. The first-order valence-corrected chi connectivity index (χ1v) is 8.49. The molecule has 0 atom stereocenters. The van der Waals surface area contributed by atoms with E-state index in [9.17, 15) is 13.6 Å². The fourth-order valence-electron chi connectivity index (χ4n) is 2.90. The van der Waals surface area contributed by atoms with E-state index in [-0.39, 0.29) is 11.7 Å². The largest absolute Gasteiger partial charge is 0.435 e. The molecule has 0 aliphatic rings. The molecule has 1 amide bonds. The number of alkyl halides is 2. The predicted molar refractivity (Wildman–Crippen MR) is 102 cm³/mol. The number of halogens is 2. The monoisotopic (exact) mass is 379 g/mol. The van der Waals surface area contributed by atoms with Crippen molar-refractivity contribution >= 4 is 22.6 Å². The number of hydrogen-bond donors (Lipinski definition) is 1. The molecular weight excluding hydrogens is 364 g/mol. The Hall–Kier alpha value is -3.74. The quantitative estimate of drug-likeness (QED) is 0.538. The Balaban J connectivity index is 1.57. The first-order valence-electron chi connectivity index (χ1n) is 8.49. The molecule has 5 nitrogen and oxygen atoms in total. The number of para-hydroxylation sites is 1. The molecule has 0 unspecified atom stereocenters. The van der Waals surface area contributed by atoms with E-state index < -0.39 is 6.61 Å². The predicted octanol–water partition coefficient (Wildman–Crippen LogP) is 4.88. The fraction of sp³-hybridized carbons (Fsp3) is 0.0476. The summed E-state index contributed by atoms with van der Waals surface area (Å²) in [6.07, 6.45) is 1.70. The van der Waals surface area contributed by atoms with Gasteiger partial charge >= 0.3 is 6.61 Å². The Kier molecular flexibility index (Phi) is 4.72. The van der Waals surface area contributed by atoms with Gasteiger partial charge in [0.05, 0.1) is 11.0 Å². The summed E-state index contributed by atoms with van der Waals surface area (Å²) in [6.45, 7) is -2.92. The molecular formula is C21H15F2N3O2. The number of anilines is 1. The van der Waals surface area contributed by atoms with Gasteiger partial charge in [0.25, 0.3) is 5.91 Å². The fourth-order valence-corrected chi connectivity index (χ4v) is 2.90. The first-order chi connectivity index (χ1) is 13.6. The maximum Gasteiger partial charge on any atom is 0.387 e. The molecule has 0 spiro atoms. The van der Waals surface area contributed by atoms with Gasteiger partial charge in [-0.1, -0.05) is 24.3 Å². The molecule has 0 saturated heterocycles. The minimum Gasteiger partial charge on any atom is -0.435 e. The van der Waals surface area contributed by atoms with Gasteiger partial charge in [-0.3, -0.25) is 9.36 Å². The Bertz CT molecular complexity index is 1130. The summed E-state index contributed by atoms with van der Waals surface area (Å²) in [5.74, 6) is -0.393. The third-order valence-electron chi connectivity index (χ3n) is 4.16.